The van der Waals surface area contributed by atoms with Crippen molar-refractivity contribution in [3.63, 3.8) is 0 Å². The molecule has 102 valence electrons. The SMILES string of the molecule is CCCNC(c1ccoc1)c1nccc2ccccc12. The first-order chi connectivity index (χ1) is 9.90. The third-order valence-corrected chi connectivity index (χ3v) is 3.45. The van der Waals surface area contributed by atoms with Gasteiger partial charge in [0.05, 0.1) is 24.3 Å². The van der Waals surface area contributed by atoms with E-state index >= 15 is 0 Å². The highest BCUT2D eigenvalue weighted by molar-refractivity contribution is 5.85. The van der Waals surface area contributed by atoms with Crippen LogP contribution in [0.25, 0.3) is 10.8 Å². The summed E-state index contributed by atoms with van der Waals surface area (Å²) >= 11 is 0. The third-order valence-electron chi connectivity index (χ3n) is 3.45. The van der Waals surface area contributed by atoms with Gasteiger partial charge in [0, 0.05) is 17.1 Å². The lowest BCUT2D eigenvalue weighted by Crippen LogP contribution is -2.23. The number of nitrogens with one attached hydrogen (secondary N) is 1. The molecule has 0 aliphatic heterocycles. The van der Waals surface area contributed by atoms with Crippen LogP contribution < -0.4 is 5.32 Å². The third kappa shape index (κ3) is 2.45. The van der Waals surface area contributed by atoms with E-state index in [1.807, 2.05) is 18.3 Å². The molecule has 20 heavy (non-hydrogen) atoms. The summed E-state index contributed by atoms with van der Waals surface area (Å²) in [6.07, 6.45) is 6.45. The van der Waals surface area contributed by atoms with Crippen molar-refractivity contribution in [2.45, 2.75) is 19.4 Å². The van der Waals surface area contributed by atoms with E-state index in [9.17, 15) is 0 Å². The second-order valence-electron chi connectivity index (χ2n) is 4.86. The number of benzene rings is 1. The maximum Gasteiger partial charge on any atom is 0.0954 e. The Balaban J connectivity index is 2.09. The molecule has 0 amide bonds. The average molecular weight is 266 g/mol. The van der Waals surface area contributed by atoms with Gasteiger partial charge in [-0.2, -0.15) is 0 Å². The molecule has 1 unspecified atom stereocenters. The van der Waals surface area contributed by atoms with Crippen LogP contribution in [0.5, 0.6) is 0 Å². The number of furan rings is 1. The summed E-state index contributed by atoms with van der Waals surface area (Å²) in [6, 6.07) is 12.5. The first kappa shape index (κ1) is 12.9. The zero-order chi connectivity index (χ0) is 13.8. The molecule has 3 rings (SSSR count). The Kier molecular flexibility index (Phi) is 3.79. The van der Waals surface area contributed by atoms with Crippen LogP contribution in [0.2, 0.25) is 0 Å². The Morgan fingerprint density at radius 3 is 2.90 bits per heavy atom. The van der Waals surface area contributed by atoms with Crippen LogP contribution >= 0.6 is 0 Å². The normalized spacial score (nSPS) is 12.7. The van der Waals surface area contributed by atoms with E-state index < -0.39 is 0 Å². The molecule has 1 aromatic carbocycles. The zero-order valence-corrected chi connectivity index (χ0v) is 11.5. The quantitative estimate of drug-likeness (QED) is 0.760. The number of pyridine rings is 1. The number of hydrogen-bond acceptors (Lipinski definition) is 3. The molecule has 0 saturated carbocycles. The van der Waals surface area contributed by atoms with E-state index in [0.29, 0.717) is 0 Å². The molecular weight excluding hydrogens is 248 g/mol. The molecule has 2 aromatic heterocycles. The average Bonchev–Trinajstić information content (AvgIpc) is 3.02. The molecule has 0 aliphatic carbocycles. The van der Waals surface area contributed by atoms with E-state index in [1.165, 1.54) is 10.8 Å². The predicted octanol–water partition coefficient (Wildman–Crippen LogP) is 3.92. The lowest BCUT2D eigenvalue weighted by Gasteiger charge is -2.18. The zero-order valence-electron chi connectivity index (χ0n) is 11.5. The minimum atomic E-state index is 0.0693. The van der Waals surface area contributed by atoms with Crippen LogP contribution in [0, 0.1) is 0 Å². The molecule has 3 aromatic rings. The fourth-order valence-corrected chi connectivity index (χ4v) is 2.47. The lowest BCUT2D eigenvalue weighted by atomic mass is 10.0. The number of fused-ring (bicyclic) bond motifs is 1. The minimum Gasteiger partial charge on any atom is -0.472 e. The van der Waals surface area contributed by atoms with Crippen LogP contribution in [0.1, 0.15) is 30.6 Å². The van der Waals surface area contributed by atoms with E-state index in [4.69, 9.17) is 4.42 Å². The summed E-state index contributed by atoms with van der Waals surface area (Å²) in [6.45, 7) is 3.11. The van der Waals surface area contributed by atoms with Gasteiger partial charge in [-0.3, -0.25) is 4.98 Å². The van der Waals surface area contributed by atoms with Gasteiger partial charge in [0.15, 0.2) is 0 Å². The Morgan fingerprint density at radius 1 is 1.20 bits per heavy atom. The van der Waals surface area contributed by atoms with Crippen molar-refractivity contribution in [3.8, 4) is 0 Å². The maximum atomic E-state index is 5.24. The van der Waals surface area contributed by atoms with Crippen molar-refractivity contribution in [1.29, 1.82) is 0 Å². The van der Waals surface area contributed by atoms with Gasteiger partial charge in [0.2, 0.25) is 0 Å². The monoisotopic (exact) mass is 266 g/mol. The first-order valence-electron chi connectivity index (χ1n) is 6.99. The molecule has 2 heterocycles. The minimum absolute atomic E-state index is 0.0693. The van der Waals surface area contributed by atoms with Crippen LogP contribution in [0.3, 0.4) is 0 Å². The van der Waals surface area contributed by atoms with Crippen molar-refractivity contribution in [2.75, 3.05) is 6.54 Å². The van der Waals surface area contributed by atoms with Crippen molar-refractivity contribution >= 4 is 10.8 Å². The van der Waals surface area contributed by atoms with Crippen molar-refractivity contribution in [1.82, 2.24) is 10.3 Å². The second kappa shape index (κ2) is 5.88. The van der Waals surface area contributed by atoms with E-state index in [1.54, 1.807) is 12.5 Å². The number of rotatable bonds is 5. The van der Waals surface area contributed by atoms with Crippen molar-refractivity contribution < 1.29 is 4.42 Å². The fourth-order valence-electron chi connectivity index (χ4n) is 2.47. The molecular formula is C17H18N2O. The molecule has 0 saturated heterocycles. The van der Waals surface area contributed by atoms with Crippen LogP contribution in [0.4, 0.5) is 0 Å². The Hall–Kier alpha value is -2.13. The summed E-state index contributed by atoms with van der Waals surface area (Å²) in [5.74, 6) is 0. The van der Waals surface area contributed by atoms with Gasteiger partial charge in [0.25, 0.3) is 0 Å². The van der Waals surface area contributed by atoms with Gasteiger partial charge < -0.3 is 9.73 Å². The molecule has 0 aliphatic rings. The van der Waals surface area contributed by atoms with Crippen molar-refractivity contribution in [3.05, 3.63) is 66.4 Å². The van der Waals surface area contributed by atoms with E-state index in [0.717, 1.165) is 24.2 Å². The van der Waals surface area contributed by atoms with Gasteiger partial charge in [0.1, 0.15) is 0 Å². The molecule has 1 atom stereocenters. The summed E-state index contributed by atoms with van der Waals surface area (Å²) in [5.41, 5.74) is 2.17. The van der Waals surface area contributed by atoms with Gasteiger partial charge in [-0.25, -0.2) is 0 Å². The number of aromatic nitrogens is 1. The molecule has 0 radical (unpaired) electrons. The van der Waals surface area contributed by atoms with Crippen molar-refractivity contribution in [2.24, 2.45) is 0 Å². The number of nitrogens with zero attached hydrogens (tertiary/aromatic N) is 1. The van der Waals surface area contributed by atoms with Crippen LogP contribution in [0.15, 0.2) is 59.5 Å². The van der Waals surface area contributed by atoms with Gasteiger partial charge in [-0.05, 0) is 30.5 Å². The highest BCUT2D eigenvalue weighted by atomic mass is 16.3. The summed E-state index contributed by atoms with van der Waals surface area (Å²) in [5, 5.41) is 5.96. The molecule has 1 N–H and O–H groups in total. The highest BCUT2D eigenvalue weighted by Gasteiger charge is 2.18. The second-order valence-corrected chi connectivity index (χ2v) is 4.86. The first-order valence-corrected chi connectivity index (χ1v) is 6.99. The fraction of sp³-hybridized carbons (Fsp3) is 0.235. The summed E-state index contributed by atoms with van der Waals surface area (Å²) in [7, 11) is 0. The van der Waals surface area contributed by atoms with Gasteiger partial charge in [-0.1, -0.05) is 31.2 Å². The van der Waals surface area contributed by atoms with Crippen LogP contribution in [-0.2, 0) is 0 Å². The van der Waals surface area contributed by atoms with E-state index in [-0.39, 0.29) is 6.04 Å². The molecule has 0 bridgehead atoms. The maximum absolute atomic E-state index is 5.24. The predicted molar refractivity (Wildman–Crippen MR) is 80.6 cm³/mol. The number of hydrogen-bond donors (Lipinski definition) is 1. The molecule has 3 heteroatoms. The van der Waals surface area contributed by atoms with Gasteiger partial charge in [-0.15, -0.1) is 0 Å². The van der Waals surface area contributed by atoms with Gasteiger partial charge >= 0.3 is 0 Å². The van der Waals surface area contributed by atoms with E-state index in [2.05, 4.69) is 41.5 Å². The standard InChI is InChI=1S/C17H18N2O/c1-2-9-18-16(14-8-11-20-12-14)17-15-6-4-3-5-13(15)7-10-19-17/h3-8,10-12,16,18H,2,9H2,1H3. The highest BCUT2D eigenvalue weighted by Crippen LogP contribution is 2.27. The summed E-state index contributed by atoms with van der Waals surface area (Å²) in [4.78, 5) is 4.61. The Labute approximate surface area is 118 Å². The molecule has 0 spiro atoms. The van der Waals surface area contributed by atoms with Crippen LogP contribution in [-0.4, -0.2) is 11.5 Å². The topological polar surface area (TPSA) is 38.1 Å². The molecule has 3 nitrogen and oxygen atoms in total. The largest absolute Gasteiger partial charge is 0.472 e. The Morgan fingerprint density at radius 2 is 2.10 bits per heavy atom. The smallest absolute Gasteiger partial charge is 0.0954 e. The Bertz CT molecular complexity index is 671. The lowest BCUT2D eigenvalue weighted by molar-refractivity contribution is 0.546. The summed E-state index contributed by atoms with van der Waals surface area (Å²) < 4.78 is 5.24. The molecule has 0 fully saturated rings.